The summed E-state index contributed by atoms with van der Waals surface area (Å²) in [5.74, 6) is -0.0130. The number of hydrogen-bond acceptors (Lipinski definition) is 4. The van der Waals surface area contributed by atoms with Crippen LogP contribution in [0.1, 0.15) is 37.7 Å². The number of urea groups is 1. The number of rotatable bonds is 5. The normalized spacial score (nSPS) is 22.9. The van der Waals surface area contributed by atoms with Crippen molar-refractivity contribution in [3.63, 3.8) is 0 Å². The summed E-state index contributed by atoms with van der Waals surface area (Å²) in [5.41, 5.74) is -0.253. The maximum absolute atomic E-state index is 13.1. The number of ether oxygens (including phenoxy) is 1. The van der Waals surface area contributed by atoms with Gasteiger partial charge in [-0.2, -0.15) is 0 Å². The molecule has 2 saturated heterocycles. The van der Waals surface area contributed by atoms with Gasteiger partial charge in [0.2, 0.25) is 5.91 Å². The lowest BCUT2D eigenvalue weighted by Crippen LogP contribution is -2.60. The number of imide groups is 1. The van der Waals surface area contributed by atoms with E-state index in [9.17, 15) is 14.4 Å². The molecule has 1 aromatic carbocycles. The van der Waals surface area contributed by atoms with E-state index >= 15 is 0 Å². The van der Waals surface area contributed by atoms with Gasteiger partial charge < -0.3 is 14.5 Å². The molecule has 7 nitrogen and oxygen atoms in total. The highest BCUT2D eigenvalue weighted by Crippen LogP contribution is 2.44. The minimum absolute atomic E-state index is 0.139. The molecule has 1 aliphatic carbocycles. The number of nitrogens with zero attached hydrogens (tertiary/aromatic N) is 3. The highest BCUT2D eigenvalue weighted by molar-refractivity contribution is 6.07. The van der Waals surface area contributed by atoms with Crippen LogP contribution in [0.3, 0.4) is 0 Å². The van der Waals surface area contributed by atoms with Crippen LogP contribution in [-0.4, -0.2) is 71.9 Å². The van der Waals surface area contributed by atoms with Gasteiger partial charge in [-0.3, -0.25) is 14.5 Å². The van der Waals surface area contributed by atoms with Crippen LogP contribution in [0.4, 0.5) is 4.79 Å². The largest absolute Gasteiger partial charge is 0.384 e. The van der Waals surface area contributed by atoms with Crippen LogP contribution >= 0.6 is 0 Å². The summed E-state index contributed by atoms with van der Waals surface area (Å²) in [6.07, 6.45) is 3.73. The van der Waals surface area contributed by atoms with Crippen molar-refractivity contribution in [2.45, 2.75) is 44.2 Å². The molecule has 0 bridgehead atoms. The molecule has 0 unspecified atom stereocenters. The molecular weight excluding hydrogens is 370 g/mol. The molecule has 4 amide bonds. The van der Waals surface area contributed by atoms with E-state index in [2.05, 4.69) is 0 Å². The predicted octanol–water partition coefficient (Wildman–Crippen LogP) is 2.26. The van der Waals surface area contributed by atoms with Gasteiger partial charge in [0.15, 0.2) is 0 Å². The van der Waals surface area contributed by atoms with Crippen LogP contribution in [0.25, 0.3) is 0 Å². The van der Waals surface area contributed by atoms with Crippen molar-refractivity contribution in [2.75, 3.05) is 33.9 Å². The fourth-order valence-corrected chi connectivity index (χ4v) is 5.06. The number of methoxy groups -OCH3 is 1. The van der Waals surface area contributed by atoms with Crippen LogP contribution in [0.15, 0.2) is 30.3 Å². The first-order chi connectivity index (χ1) is 13.9. The molecule has 0 radical (unpaired) electrons. The van der Waals surface area contributed by atoms with E-state index in [1.807, 2.05) is 35.2 Å². The Morgan fingerprint density at radius 2 is 1.72 bits per heavy atom. The zero-order chi connectivity index (χ0) is 20.6. The fourth-order valence-electron chi connectivity index (χ4n) is 5.06. The van der Waals surface area contributed by atoms with Crippen molar-refractivity contribution < 1.29 is 19.1 Å². The lowest BCUT2D eigenvalue weighted by atomic mass is 9.68. The number of benzene rings is 1. The zero-order valence-electron chi connectivity index (χ0n) is 17.2. The second-order valence-electron chi connectivity index (χ2n) is 8.61. The molecule has 7 heteroatoms. The van der Waals surface area contributed by atoms with E-state index in [1.165, 1.54) is 4.90 Å². The Kier molecular flexibility index (Phi) is 5.11. The van der Waals surface area contributed by atoms with Crippen LogP contribution in [0.2, 0.25) is 0 Å². The van der Waals surface area contributed by atoms with Gasteiger partial charge in [0, 0.05) is 33.8 Å². The van der Waals surface area contributed by atoms with E-state index in [4.69, 9.17) is 4.74 Å². The van der Waals surface area contributed by atoms with E-state index in [0.29, 0.717) is 39.1 Å². The van der Waals surface area contributed by atoms with Gasteiger partial charge >= 0.3 is 6.03 Å². The third-order valence-corrected chi connectivity index (χ3v) is 6.98. The highest BCUT2D eigenvalue weighted by atomic mass is 16.5. The smallest absolute Gasteiger partial charge is 0.327 e. The van der Waals surface area contributed by atoms with Gasteiger partial charge in [0.25, 0.3) is 5.91 Å². The van der Waals surface area contributed by atoms with Crippen LogP contribution < -0.4 is 0 Å². The molecule has 2 aliphatic heterocycles. The summed E-state index contributed by atoms with van der Waals surface area (Å²) in [6.45, 7) is 1.83. The Morgan fingerprint density at radius 3 is 2.28 bits per heavy atom. The van der Waals surface area contributed by atoms with E-state index < -0.39 is 11.0 Å². The van der Waals surface area contributed by atoms with Crippen molar-refractivity contribution in [3.05, 3.63) is 35.9 Å². The number of carbonyl (C=O) groups excluding carboxylic acids is 3. The Bertz CT molecular complexity index is 798. The molecular formula is C22H29N3O4. The predicted molar refractivity (Wildman–Crippen MR) is 107 cm³/mol. The van der Waals surface area contributed by atoms with E-state index in [1.54, 1.807) is 19.1 Å². The molecule has 3 aliphatic rings. The first kappa shape index (κ1) is 19.9. The maximum atomic E-state index is 13.1. The number of carbonyl (C=O) groups is 3. The topological polar surface area (TPSA) is 70.2 Å². The van der Waals surface area contributed by atoms with E-state index in [0.717, 1.165) is 24.8 Å². The first-order valence-corrected chi connectivity index (χ1v) is 10.4. The Morgan fingerprint density at radius 1 is 1.07 bits per heavy atom. The molecule has 3 fully saturated rings. The SMILES string of the molecule is COCC1(C(=O)N2CCC3(CC2)C(=O)N(C)C(=O)N3Cc2ccccc2)CCC1. The van der Waals surface area contributed by atoms with Crippen LogP contribution in [-0.2, 0) is 20.9 Å². The molecule has 0 aromatic heterocycles. The maximum Gasteiger partial charge on any atom is 0.327 e. The van der Waals surface area contributed by atoms with Gasteiger partial charge in [-0.25, -0.2) is 4.79 Å². The third kappa shape index (κ3) is 3.12. The molecule has 4 rings (SSSR count). The lowest BCUT2D eigenvalue weighted by Gasteiger charge is -2.47. The Hall–Kier alpha value is -2.41. The molecule has 0 atom stereocenters. The van der Waals surface area contributed by atoms with Gasteiger partial charge in [-0.15, -0.1) is 0 Å². The molecule has 1 aromatic rings. The molecule has 156 valence electrons. The summed E-state index contributed by atoms with van der Waals surface area (Å²) < 4.78 is 5.32. The summed E-state index contributed by atoms with van der Waals surface area (Å²) in [6, 6.07) is 9.48. The summed E-state index contributed by atoms with van der Waals surface area (Å²) in [7, 11) is 3.19. The molecule has 1 spiro atoms. The summed E-state index contributed by atoms with van der Waals surface area (Å²) in [4.78, 5) is 43.9. The number of hydrogen-bond donors (Lipinski definition) is 0. The molecule has 0 N–H and O–H groups in total. The highest BCUT2D eigenvalue weighted by Gasteiger charge is 2.58. The van der Waals surface area contributed by atoms with Crippen molar-refractivity contribution in [1.29, 1.82) is 0 Å². The average Bonchev–Trinajstić information content (AvgIpc) is 2.88. The number of likely N-dealkylation sites (tertiary alicyclic amines) is 1. The summed E-state index contributed by atoms with van der Waals surface area (Å²) in [5, 5.41) is 0. The zero-order valence-corrected chi connectivity index (χ0v) is 17.2. The second kappa shape index (κ2) is 7.44. The Balaban J connectivity index is 1.52. The van der Waals surface area contributed by atoms with Gasteiger partial charge in [-0.1, -0.05) is 36.8 Å². The third-order valence-electron chi connectivity index (χ3n) is 6.98. The molecule has 1 saturated carbocycles. The van der Waals surface area contributed by atoms with Crippen LogP contribution in [0, 0.1) is 5.41 Å². The number of amides is 4. The first-order valence-electron chi connectivity index (χ1n) is 10.4. The summed E-state index contributed by atoms with van der Waals surface area (Å²) >= 11 is 0. The monoisotopic (exact) mass is 399 g/mol. The number of likely N-dealkylation sites (N-methyl/N-ethyl adjacent to an activating group) is 1. The van der Waals surface area contributed by atoms with Gasteiger partial charge in [-0.05, 0) is 31.2 Å². The van der Waals surface area contributed by atoms with Crippen LogP contribution in [0.5, 0.6) is 0 Å². The van der Waals surface area contributed by atoms with Crippen molar-refractivity contribution in [1.82, 2.24) is 14.7 Å². The fraction of sp³-hybridized carbons (Fsp3) is 0.591. The Labute approximate surface area is 171 Å². The quantitative estimate of drug-likeness (QED) is 0.712. The van der Waals surface area contributed by atoms with Gasteiger partial charge in [0.1, 0.15) is 5.54 Å². The lowest BCUT2D eigenvalue weighted by molar-refractivity contribution is -0.156. The second-order valence-corrected chi connectivity index (χ2v) is 8.61. The van der Waals surface area contributed by atoms with E-state index in [-0.39, 0.29) is 17.8 Å². The van der Waals surface area contributed by atoms with Gasteiger partial charge in [0.05, 0.1) is 12.0 Å². The van der Waals surface area contributed by atoms with Crippen molar-refractivity contribution >= 4 is 17.8 Å². The average molecular weight is 399 g/mol. The molecule has 2 heterocycles. The van der Waals surface area contributed by atoms with Crippen molar-refractivity contribution in [3.8, 4) is 0 Å². The van der Waals surface area contributed by atoms with Crippen molar-refractivity contribution in [2.24, 2.45) is 5.41 Å². The minimum Gasteiger partial charge on any atom is -0.384 e. The standard InChI is InChI=1S/C22H29N3O4/c1-23-19(27)22(25(20(23)28)15-17-7-4-3-5-8-17)11-13-24(14-12-22)18(26)21(16-29-2)9-6-10-21/h3-5,7-8H,6,9-16H2,1-2H3. The molecule has 29 heavy (non-hydrogen) atoms. The number of piperidine rings is 1. The minimum atomic E-state index is -0.855.